The molecule has 1 unspecified atom stereocenters. The number of halogens is 1. The van der Waals surface area contributed by atoms with Crippen LogP contribution in [-0.2, 0) is 0 Å². The van der Waals surface area contributed by atoms with Gasteiger partial charge in [0.15, 0.2) is 0 Å². The highest BCUT2D eigenvalue weighted by Crippen LogP contribution is 2.27. The topological polar surface area (TPSA) is 46.3 Å². The highest BCUT2D eigenvalue weighted by molar-refractivity contribution is 7.12. The smallest absolute Gasteiger partial charge is 0.265 e. The van der Waals surface area contributed by atoms with Gasteiger partial charge in [0.2, 0.25) is 0 Å². The van der Waals surface area contributed by atoms with Gasteiger partial charge in [-0.1, -0.05) is 11.6 Å². The van der Waals surface area contributed by atoms with Crippen molar-refractivity contribution in [3.63, 3.8) is 0 Å². The van der Waals surface area contributed by atoms with E-state index >= 15 is 0 Å². The van der Waals surface area contributed by atoms with Gasteiger partial charge in [-0.25, -0.2) is 0 Å². The molecule has 0 radical (unpaired) electrons. The van der Waals surface area contributed by atoms with Crippen molar-refractivity contribution in [2.24, 2.45) is 5.73 Å². The molecule has 0 aliphatic carbocycles. The fourth-order valence-electron chi connectivity index (χ4n) is 2.34. The summed E-state index contributed by atoms with van der Waals surface area (Å²) in [5, 5.41) is 2.43. The largest absolute Gasteiger partial charge is 0.335 e. The van der Waals surface area contributed by atoms with Crippen LogP contribution in [0.3, 0.4) is 0 Å². The van der Waals surface area contributed by atoms with Crippen LogP contribution in [0.5, 0.6) is 0 Å². The van der Waals surface area contributed by atoms with E-state index in [0.29, 0.717) is 22.5 Å². The van der Waals surface area contributed by atoms with Crippen LogP contribution in [0.2, 0.25) is 5.02 Å². The molecule has 0 spiro atoms. The number of carbonyl (C=O) groups is 1. The molecule has 17 heavy (non-hydrogen) atoms. The van der Waals surface area contributed by atoms with E-state index in [2.05, 4.69) is 0 Å². The third-order valence-corrected chi connectivity index (χ3v) is 4.53. The first kappa shape index (κ1) is 12.9. The molecule has 1 aromatic rings. The van der Waals surface area contributed by atoms with Crippen LogP contribution < -0.4 is 5.73 Å². The Morgan fingerprint density at radius 3 is 3.06 bits per heavy atom. The maximum absolute atomic E-state index is 12.4. The van der Waals surface area contributed by atoms with Crippen molar-refractivity contribution >= 4 is 28.8 Å². The van der Waals surface area contributed by atoms with Gasteiger partial charge in [0.1, 0.15) is 4.88 Å². The second-order valence-electron chi connectivity index (χ2n) is 4.32. The Labute approximate surface area is 111 Å². The standard InChI is InChI=1S/C12H17ClN2OS/c13-10-5-8-17-11(10)12(16)15-7-2-1-3-9(15)4-6-14/h5,8-9H,1-4,6-7,14H2. The van der Waals surface area contributed by atoms with Gasteiger partial charge in [0.25, 0.3) is 5.91 Å². The van der Waals surface area contributed by atoms with Crippen molar-refractivity contribution in [1.29, 1.82) is 0 Å². The number of piperidine rings is 1. The molecule has 3 nitrogen and oxygen atoms in total. The van der Waals surface area contributed by atoms with Crippen LogP contribution >= 0.6 is 22.9 Å². The number of amides is 1. The lowest BCUT2D eigenvalue weighted by Gasteiger charge is -2.35. The van der Waals surface area contributed by atoms with Gasteiger partial charge >= 0.3 is 0 Å². The summed E-state index contributed by atoms with van der Waals surface area (Å²) in [6.07, 6.45) is 4.21. The Morgan fingerprint density at radius 2 is 2.41 bits per heavy atom. The average molecular weight is 273 g/mol. The summed E-state index contributed by atoms with van der Waals surface area (Å²) in [6.45, 7) is 1.46. The molecule has 2 heterocycles. The molecule has 94 valence electrons. The second-order valence-corrected chi connectivity index (χ2v) is 5.65. The highest BCUT2D eigenvalue weighted by Gasteiger charge is 2.28. The number of carbonyl (C=O) groups excluding carboxylic acids is 1. The van der Waals surface area contributed by atoms with E-state index in [1.165, 1.54) is 17.8 Å². The van der Waals surface area contributed by atoms with Crippen LogP contribution in [0, 0.1) is 0 Å². The Kier molecular flexibility index (Phi) is 4.42. The average Bonchev–Trinajstić information content (AvgIpc) is 2.76. The van der Waals surface area contributed by atoms with Crippen LogP contribution in [0.25, 0.3) is 0 Å². The zero-order valence-corrected chi connectivity index (χ0v) is 11.3. The number of nitrogens with zero attached hydrogens (tertiary/aromatic N) is 1. The number of hydrogen-bond acceptors (Lipinski definition) is 3. The number of likely N-dealkylation sites (tertiary alicyclic amines) is 1. The summed E-state index contributed by atoms with van der Waals surface area (Å²) >= 11 is 7.43. The molecule has 2 rings (SSSR count). The summed E-state index contributed by atoms with van der Waals surface area (Å²) in [7, 11) is 0. The molecule has 5 heteroatoms. The molecule has 0 saturated carbocycles. The van der Waals surface area contributed by atoms with Crippen molar-refractivity contribution in [2.45, 2.75) is 31.7 Å². The van der Waals surface area contributed by atoms with Crippen molar-refractivity contribution < 1.29 is 4.79 Å². The fourth-order valence-corrected chi connectivity index (χ4v) is 3.43. The van der Waals surface area contributed by atoms with Gasteiger partial charge in [-0.2, -0.15) is 0 Å². The molecule has 1 fully saturated rings. The number of thiophene rings is 1. The van der Waals surface area contributed by atoms with Gasteiger partial charge in [0.05, 0.1) is 5.02 Å². The van der Waals surface area contributed by atoms with Crippen LogP contribution in [0.4, 0.5) is 0 Å². The second kappa shape index (κ2) is 5.85. The molecule has 1 aromatic heterocycles. The Bertz CT molecular complexity index is 392. The first-order chi connectivity index (χ1) is 8.24. The van der Waals surface area contributed by atoms with E-state index in [4.69, 9.17) is 17.3 Å². The van der Waals surface area contributed by atoms with Gasteiger partial charge < -0.3 is 10.6 Å². The molecule has 1 aliphatic heterocycles. The van der Waals surface area contributed by atoms with E-state index < -0.39 is 0 Å². The SMILES string of the molecule is NCCC1CCCCN1C(=O)c1sccc1Cl. The summed E-state index contributed by atoms with van der Waals surface area (Å²) in [6, 6.07) is 2.07. The normalized spacial score (nSPS) is 20.6. The van der Waals surface area contributed by atoms with Crippen molar-refractivity contribution in [3.8, 4) is 0 Å². The summed E-state index contributed by atoms with van der Waals surface area (Å²) in [5.74, 6) is 0.0724. The fraction of sp³-hybridized carbons (Fsp3) is 0.583. The molecule has 1 amide bonds. The molecule has 1 saturated heterocycles. The Hall–Kier alpha value is -0.580. The maximum Gasteiger partial charge on any atom is 0.265 e. The molecule has 1 atom stereocenters. The van der Waals surface area contributed by atoms with E-state index in [9.17, 15) is 4.79 Å². The predicted octanol–water partition coefficient (Wildman–Crippen LogP) is 2.75. The highest BCUT2D eigenvalue weighted by atomic mass is 35.5. The predicted molar refractivity (Wildman–Crippen MR) is 71.7 cm³/mol. The molecular weight excluding hydrogens is 256 g/mol. The molecule has 1 aliphatic rings. The lowest BCUT2D eigenvalue weighted by Crippen LogP contribution is -2.44. The third-order valence-electron chi connectivity index (χ3n) is 3.20. The van der Waals surface area contributed by atoms with Gasteiger partial charge in [-0.05, 0) is 43.7 Å². The number of rotatable bonds is 3. The minimum Gasteiger partial charge on any atom is -0.335 e. The summed E-state index contributed by atoms with van der Waals surface area (Å²) in [4.78, 5) is 15.0. The molecule has 2 N–H and O–H groups in total. The molecule has 0 aromatic carbocycles. The zero-order valence-electron chi connectivity index (χ0n) is 9.69. The summed E-state index contributed by atoms with van der Waals surface area (Å²) in [5.41, 5.74) is 5.61. The molecular formula is C12H17ClN2OS. The van der Waals surface area contributed by atoms with E-state index in [1.54, 1.807) is 6.07 Å². The lowest BCUT2D eigenvalue weighted by molar-refractivity contribution is 0.0610. The number of hydrogen-bond donors (Lipinski definition) is 1. The summed E-state index contributed by atoms with van der Waals surface area (Å²) < 4.78 is 0. The van der Waals surface area contributed by atoms with E-state index in [-0.39, 0.29) is 5.91 Å². The minimum atomic E-state index is 0.0724. The first-order valence-electron chi connectivity index (χ1n) is 5.98. The van der Waals surface area contributed by atoms with E-state index in [0.717, 1.165) is 25.8 Å². The first-order valence-corrected chi connectivity index (χ1v) is 7.24. The van der Waals surface area contributed by atoms with Crippen LogP contribution in [0.1, 0.15) is 35.4 Å². The quantitative estimate of drug-likeness (QED) is 0.920. The third kappa shape index (κ3) is 2.81. The van der Waals surface area contributed by atoms with Crippen molar-refractivity contribution in [2.75, 3.05) is 13.1 Å². The minimum absolute atomic E-state index is 0.0724. The van der Waals surface area contributed by atoms with Gasteiger partial charge in [0, 0.05) is 12.6 Å². The maximum atomic E-state index is 12.4. The Balaban J connectivity index is 2.14. The van der Waals surface area contributed by atoms with E-state index in [1.807, 2.05) is 10.3 Å². The van der Waals surface area contributed by atoms with Crippen LogP contribution in [-0.4, -0.2) is 29.9 Å². The number of nitrogens with two attached hydrogens (primary N) is 1. The van der Waals surface area contributed by atoms with Crippen LogP contribution in [0.15, 0.2) is 11.4 Å². The zero-order chi connectivity index (χ0) is 12.3. The van der Waals surface area contributed by atoms with Gasteiger partial charge in [-0.3, -0.25) is 4.79 Å². The van der Waals surface area contributed by atoms with Crippen molar-refractivity contribution in [1.82, 2.24) is 4.90 Å². The Morgan fingerprint density at radius 1 is 1.59 bits per heavy atom. The molecule has 0 bridgehead atoms. The van der Waals surface area contributed by atoms with Crippen molar-refractivity contribution in [3.05, 3.63) is 21.3 Å². The lowest BCUT2D eigenvalue weighted by atomic mass is 9.99. The van der Waals surface area contributed by atoms with Gasteiger partial charge in [-0.15, -0.1) is 11.3 Å². The monoisotopic (exact) mass is 272 g/mol.